The van der Waals surface area contributed by atoms with E-state index >= 15 is 0 Å². The molecule has 0 spiro atoms. The molecule has 36 heavy (non-hydrogen) atoms. The molecule has 0 saturated carbocycles. The van der Waals surface area contributed by atoms with Gasteiger partial charge in [0.1, 0.15) is 5.70 Å². The van der Waals surface area contributed by atoms with Gasteiger partial charge in [-0.05, 0) is 69.1 Å². The highest BCUT2D eigenvalue weighted by Gasteiger charge is 2.32. The zero-order chi connectivity index (χ0) is 25.7. The molecule has 2 fully saturated rings. The molecule has 0 radical (unpaired) electrons. The zero-order valence-corrected chi connectivity index (χ0v) is 20.7. The molecule has 2 aromatic carbocycles. The summed E-state index contributed by atoms with van der Waals surface area (Å²) in [5.41, 5.74) is 5.23. The van der Waals surface area contributed by atoms with E-state index < -0.39 is 11.9 Å². The number of hydrogen-bond acceptors (Lipinski definition) is 4. The molecule has 2 aliphatic heterocycles. The average Bonchev–Trinajstić information content (AvgIpc) is 3.32. The molecular weight excluding hydrogens is 489 g/mol. The minimum absolute atomic E-state index is 0.000992. The van der Waals surface area contributed by atoms with Crippen molar-refractivity contribution in [2.75, 3.05) is 26.2 Å². The van der Waals surface area contributed by atoms with Crippen molar-refractivity contribution in [3.05, 3.63) is 76.5 Å². The summed E-state index contributed by atoms with van der Waals surface area (Å²) in [4.78, 5) is 22.0. The molecule has 0 aliphatic carbocycles. The topological polar surface area (TPSA) is 61.9 Å². The molecule has 9 heteroatoms. The molecule has 1 atom stereocenters. The third kappa shape index (κ3) is 6.48. The number of amides is 1. The fraction of sp³-hybridized carbons (Fsp3) is 0.407. The summed E-state index contributed by atoms with van der Waals surface area (Å²) in [6, 6.07) is 13.2. The van der Waals surface area contributed by atoms with Crippen LogP contribution in [0.3, 0.4) is 0 Å². The van der Waals surface area contributed by atoms with Crippen molar-refractivity contribution in [1.29, 1.82) is 0 Å². The Morgan fingerprint density at radius 3 is 2.33 bits per heavy atom. The summed E-state index contributed by atoms with van der Waals surface area (Å²) in [6.45, 7) is 3.76. The Morgan fingerprint density at radius 2 is 1.67 bits per heavy atom. The van der Waals surface area contributed by atoms with Crippen LogP contribution in [0, 0.1) is 0 Å². The van der Waals surface area contributed by atoms with Crippen LogP contribution in [-0.4, -0.2) is 59.8 Å². The summed E-state index contributed by atoms with van der Waals surface area (Å²) < 4.78 is 39.5. The first-order valence-corrected chi connectivity index (χ1v) is 12.6. The third-order valence-electron chi connectivity index (χ3n) is 6.70. The maximum absolute atomic E-state index is 13.3. The molecule has 2 aromatic rings. The minimum Gasteiger partial charge on any atom is -0.395 e. The van der Waals surface area contributed by atoms with Gasteiger partial charge in [-0.1, -0.05) is 42.3 Å². The van der Waals surface area contributed by atoms with Crippen LogP contribution in [0.5, 0.6) is 0 Å². The van der Waals surface area contributed by atoms with E-state index in [9.17, 15) is 18.0 Å². The van der Waals surface area contributed by atoms with E-state index in [1.165, 1.54) is 19.3 Å². The minimum atomic E-state index is -4.70. The Balaban J connectivity index is 1.57. The van der Waals surface area contributed by atoms with Crippen LogP contribution in [0.15, 0.2) is 65.3 Å². The largest absolute Gasteiger partial charge is 0.430 e. The second-order valence-electron chi connectivity index (χ2n) is 9.28. The molecule has 2 heterocycles. The quantitative estimate of drug-likeness (QED) is 0.480. The van der Waals surface area contributed by atoms with E-state index in [0.717, 1.165) is 38.6 Å². The van der Waals surface area contributed by atoms with Crippen molar-refractivity contribution in [2.24, 2.45) is 10.7 Å². The number of allylic oxidation sites excluding steroid dienone is 2. The van der Waals surface area contributed by atoms with Gasteiger partial charge in [-0.2, -0.15) is 13.2 Å². The monoisotopic (exact) mass is 518 g/mol. The summed E-state index contributed by atoms with van der Waals surface area (Å²) in [5, 5.41) is 0.301. The van der Waals surface area contributed by atoms with Gasteiger partial charge in [-0.25, -0.2) is 4.99 Å². The number of benzene rings is 2. The standard InChI is InChI=1S/C27H30ClF3N4O/c28-22-8-2-3-9-23(22)33-24(17-25(32)27(29,30)31)19-10-12-20(13-11-19)26(36)35-16-6-7-21(35)18-34-14-4-1-5-15-34/h2-3,8-13,17,21H,1,4-7,14-16,18,32H2/b25-17-,33-24?. The van der Waals surface area contributed by atoms with Crippen LogP contribution < -0.4 is 5.73 Å². The number of halogens is 4. The van der Waals surface area contributed by atoms with Gasteiger partial charge in [0.25, 0.3) is 5.91 Å². The number of nitrogens with two attached hydrogens (primary N) is 1. The molecule has 5 nitrogen and oxygen atoms in total. The van der Waals surface area contributed by atoms with Crippen molar-refractivity contribution < 1.29 is 18.0 Å². The Bertz CT molecular complexity index is 1120. The van der Waals surface area contributed by atoms with Crippen LogP contribution in [0.25, 0.3) is 0 Å². The van der Waals surface area contributed by atoms with Crippen molar-refractivity contribution >= 4 is 28.9 Å². The van der Waals surface area contributed by atoms with Crippen LogP contribution in [0.1, 0.15) is 48.0 Å². The summed E-state index contributed by atoms with van der Waals surface area (Å²) in [6.07, 6.45) is 1.71. The Kier molecular flexibility index (Phi) is 8.36. The fourth-order valence-electron chi connectivity index (χ4n) is 4.76. The number of carbonyl (C=O) groups excluding carboxylic acids is 1. The van der Waals surface area contributed by atoms with Gasteiger partial charge in [0.2, 0.25) is 0 Å². The number of carbonyl (C=O) groups is 1. The normalized spacial score (nSPS) is 20.1. The highest BCUT2D eigenvalue weighted by molar-refractivity contribution is 6.33. The van der Waals surface area contributed by atoms with Gasteiger partial charge < -0.3 is 15.5 Å². The van der Waals surface area contributed by atoms with Gasteiger partial charge >= 0.3 is 6.18 Å². The third-order valence-corrected chi connectivity index (χ3v) is 7.02. The number of rotatable bonds is 6. The Labute approximate surface area is 214 Å². The smallest absolute Gasteiger partial charge is 0.395 e. The van der Waals surface area contributed by atoms with E-state index in [4.69, 9.17) is 17.3 Å². The lowest BCUT2D eigenvalue weighted by Gasteiger charge is -2.33. The number of hydrogen-bond donors (Lipinski definition) is 1. The lowest BCUT2D eigenvalue weighted by atomic mass is 10.0. The fourth-order valence-corrected chi connectivity index (χ4v) is 4.94. The van der Waals surface area contributed by atoms with Gasteiger partial charge in [0.05, 0.1) is 16.4 Å². The van der Waals surface area contributed by atoms with E-state index in [-0.39, 0.29) is 17.7 Å². The first-order valence-electron chi connectivity index (χ1n) is 12.2. The average molecular weight is 519 g/mol. The Morgan fingerprint density at radius 1 is 1.00 bits per heavy atom. The summed E-state index contributed by atoms with van der Waals surface area (Å²) in [5.74, 6) is -0.0593. The number of piperidine rings is 1. The van der Waals surface area contributed by atoms with Crippen LogP contribution >= 0.6 is 11.6 Å². The highest BCUT2D eigenvalue weighted by atomic mass is 35.5. The second-order valence-corrected chi connectivity index (χ2v) is 9.69. The highest BCUT2D eigenvalue weighted by Crippen LogP contribution is 2.28. The number of aliphatic imine (C=N–C) groups is 1. The van der Waals surface area contributed by atoms with Crippen molar-refractivity contribution in [3.63, 3.8) is 0 Å². The molecule has 4 rings (SSSR count). The van der Waals surface area contributed by atoms with Crippen molar-refractivity contribution in [1.82, 2.24) is 9.80 Å². The van der Waals surface area contributed by atoms with Gasteiger partial charge in [-0.3, -0.25) is 4.79 Å². The molecule has 0 aromatic heterocycles. The molecular formula is C27H30ClF3N4O. The number of likely N-dealkylation sites (tertiary alicyclic amines) is 2. The number of nitrogens with zero attached hydrogens (tertiary/aromatic N) is 3. The first kappa shape index (κ1) is 26.2. The molecule has 2 aliphatic rings. The number of alkyl halides is 3. The van der Waals surface area contributed by atoms with Crippen LogP contribution in [0.4, 0.5) is 18.9 Å². The summed E-state index contributed by atoms with van der Waals surface area (Å²) >= 11 is 6.17. The molecule has 2 N–H and O–H groups in total. The molecule has 2 saturated heterocycles. The zero-order valence-electron chi connectivity index (χ0n) is 20.0. The van der Waals surface area contributed by atoms with Gasteiger partial charge in [-0.15, -0.1) is 0 Å². The van der Waals surface area contributed by atoms with Gasteiger partial charge in [0.15, 0.2) is 0 Å². The van der Waals surface area contributed by atoms with E-state index in [0.29, 0.717) is 28.4 Å². The van der Waals surface area contributed by atoms with Crippen molar-refractivity contribution in [3.8, 4) is 0 Å². The van der Waals surface area contributed by atoms with Crippen LogP contribution in [0.2, 0.25) is 5.02 Å². The Hall–Kier alpha value is -2.84. The van der Waals surface area contributed by atoms with E-state index in [1.807, 2.05) is 4.90 Å². The molecule has 0 bridgehead atoms. The van der Waals surface area contributed by atoms with Crippen LogP contribution in [-0.2, 0) is 0 Å². The first-order chi connectivity index (χ1) is 17.2. The SMILES string of the molecule is N/C(=C\C(=Nc1ccccc1Cl)c1ccc(C(=O)N2CCCC2CN2CCCCC2)cc1)C(F)(F)F. The van der Waals surface area contributed by atoms with E-state index in [2.05, 4.69) is 9.89 Å². The second kappa shape index (κ2) is 11.5. The molecule has 1 unspecified atom stereocenters. The maximum Gasteiger partial charge on any atom is 0.430 e. The predicted octanol–water partition coefficient (Wildman–Crippen LogP) is 5.96. The predicted molar refractivity (Wildman–Crippen MR) is 137 cm³/mol. The van der Waals surface area contributed by atoms with Gasteiger partial charge in [0, 0.05) is 30.3 Å². The summed E-state index contributed by atoms with van der Waals surface area (Å²) in [7, 11) is 0. The maximum atomic E-state index is 13.3. The van der Waals surface area contributed by atoms with Crippen molar-refractivity contribution in [2.45, 2.75) is 44.3 Å². The molecule has 1 amide bonds. The van der Waals surface area contributed by atoms with E-state index in [1.54, 1.807) is 48.5 Å². The number of para-hydroxylation sites is 1. The molecule has 192 valence electrons. The lowest BCUT2D eigenvalue weighted by molar-refractivity contribution is -0.0925. The lowest BCUT2D eigenvalue weighted by Crippen LogP contribution is -2.44.